The van der Waals surface area contributed by atoms with Gasteiger partial charge in [0.25, 0.3) is 0 Å². The molecule has 0 spiro atoms. The van der Waals surface area contributed by atoms with Gasteiger partial charge in [-0.05, 0) is 98.8 Å². The Hall–Kier alpha value is -5.68. The molecule has 6 aromatic carbocycles. The highest BCUT2D eigenvalue weighted by Gasteiger charge is 2.35. The molecule has 0 amide bonds. The van der Waals surface area contributed by atoms with Crippen molar-refractivity contribution in [2.45, 2.75) is 38.0 Å². The summed E-state index contributed by atoms with van der Waals surface area (Å²) >= 11 is 0. The van der Waals surface area contributed by atoms with E-state index in [-0.39, 0.29) is 11.0 Å². The number of aromatic nitrogens is 1. The van der Waals surface area contributed by atoms with Crippen LogP contribution in [0.25, 0.3) is 32.4 Å². The average Bonchev–Trinajstić information content (AvgIpc) is 3.17. The molecule has 1 atom stereocenters. The van der Waals surface area contributed by atoms with Gasteiger partial charge in [0, 0.05) is 49.1 Å². The Bertz CT molecular complexity index is 2350. The van der Waals surface area contributed by atoms with Crippen molar-refractivity contribution in [3.05, 3.63) is 162 Å². The van der Waals surface area contributed by atoms with Crippen LogP contribution in [0.2, 0.25) is 0 Å². The number of anilines is 2. The van der Waals surface area contributed by atoms with E-state index in [1.807, 2.05) is 12.1 Å². The van der Waals surface area contributed by atoms with Crippen LogP contribution >= 0.6 is 0 Å². The lowest BCUT2D eigenvalue weighted by atomic mass is 9.65. The Kier molecular flexibility index (Phi) is 8.65. The molecule has 2 aliphatic rings. The van der Waals surface area contributed by atoms with E-state index < -0.39 is 5.97 Å². The van der Waals surface area contributed by atoms with Crippen molar-refractivity contribution in [2.24, 2.45) is 0 Å². The molecule has 254 valence electrons. The van der Waals surface area contributed by atoms with Crippen molar-refractivity contribution in [2.75, 3.05) is 36.0 Å². The predicted molar refractivity (Wildman–Crippen MR) is 212 cm³/mol. The first-order valence-corrected chi connectivity index (χ1v) is 18.0. The van der Waals surface area contributed by atoms with Crippen LogP contribution in [-0.4, -0.2) is 42.2 Å². The lowest BCUT2D eigenvalue weighted by Gasteiger charge is -2.40. The fourth-order valence-corrected chi connectivity index (χ4v) is 8.51. The maximum atomic E-state index is 10.8. The van der Waals surface area contributed by atoms with Gasteiger partial charge in [-0.3, -0.25) is 4.98 Å². The number of fused-ring (bicyclic) bond motifs is 6. The van der Waals surface area contributed by atoms with Crippen LogP contribution in [0.3, 0.4) is 0 Å². The first-order valence-electron chi connectivity index (χ1n) is 18.0. The quantitative estimate of drug-likeness (QED) is 0.189. The molecule has 0 bridgehead atoms. The number of carbonyl (C=O) groups is 1. The second-order valence-corrected chi connectivity index (χ2v) is 14.6. The van der Waals surface area contributed by atoms with Crippen molar-refractivity contribution in [1.82, 2.24) is 4.98 Å². The number of aromatic carboxylic acids is 1. The zero-order valence-corrected chi connectivity index (χ0v) is 29.3. The summed E-state index contributed by atoms with van der Waals surface area (Å²) in [5.74, 6) is -0.398. The summed E-state index contributed by atoms with van der Waals surface area (Å²) in [6, 6.07) is 47.3. The van der Waals surface area contributed by atoms with Crippen LogP contribution in [-0.2, 0) is 11.8 Å². The van der Waals surface area contributed by atoms with Gasteiger partial charge in [-0.2, -0.15) is 0 Å². The van der Waals surface area contributed by atoms with Gasteiger partial charge in [-0.15, -0.1) is 0 Å². The minimum atomic E-state index is -0.940. The van der Waals surface area contributed by atoms with E-state index in [1.165, 1.54) is 50.5 Å². The highest BCUT2D eigenvalue weighted by Crippen LogP contribution is 2.47. The number of para-hydroxylation sites is 2. The minimum absolute atomic E-state index is 0.123. The maximum absolute atomic E-state index is 10.8. The summed E-state index contributed by atoms with van der Waals surface area (Å²) in [6.45, 7) is 9.19. The molecule has 1 N–H and O–H groups in total. The van der Waals surface area contributed by atoms with E-state index in [2.05, 4.69) is 132 Å². The summed E-state index contributed by atoms with van der Waals surface area (Å²) < 4.78 is 0. The van der Waals surface area contributed by atoms with E-state index >= 15 is 0 Å². The van der Waals surface area contributed by atoms with Crippen molar-refractivity contribution in [3.63, 3.8) is 0 Å². The molecule has 5 nitrogen and oxygen atoms in total. The monoisotopic (exact) mass is 669 g/mol. The zero-order valence-electron chi connectivity index (χ0n) is 29.3. The van der Waals surface area contributed by atoms with Crippen LogP contribution in [0.5, 0.6) is 0 Å². The molecule has 0 saturated carbocycles. The van der Waals surface area contributed by atoms with E-state index in [0.717, 1.165) is 38.0 Å². The predicted octanol–water partition coefficient (Wildman–Crippen LogP) is 10.3. The van der Waals surface area contributed by atoms with Gasteiger partial charge >= 0.3 is 5.97 Å². The van der Waals surface area contributed by atoms with Gasteiger partial charge in [0.2, 0.25) is 0 Å². The van der Waals surface area contributed by atoms with Crippen molar-refractivity contribution >= 4 is 49.8 Å². The lowest BCUT2D eigenvalue weighted by molar-refractivity contribution is 0.0699. The zero-order chi connectivity index (χ0) is 35.0. The summed E-state index contributed by atoms with van der Waals surface area (Å²) in [6.07, 6.45) is 3.89. The van der Waals surface area contributed by atoms with Crippen LogP contribution in [0.4, 0.5) is 11.4 Å². The molecule has 1 aliphatic heterocycles. The minimum Gasteiger partial charge on any atom is -0.478 e. The number of nitrogens with zero attached hydrogens (tertiary/aromatic N) is 3. The van der Waals surface area contributed by atoms with Crippen LogP contribution in [0.1, 0.15) is 53.2 Å². The molecule has 0 radical (unpaired) electrons. The van der Waals surface area contributed by atoms with Gasteiger partial charge < -0.3 is 14.9 Å². The second-order valence-electron chi connectivity index (χ2n) is 14.6. The third-order valence-electron chi connectivity index (χ3n) is 10.9. The first-order chi connectivity index (χ1) is 24.9. The van der Waals surface area contributed by atoms with Crippen molar-refractivity contribution < 1.29 is 9.90 Å². The van der Waals surface area contributed by atoms with Gasteiger partial charge in [0.15, 0.2) is 0 Å². The highest BCUT2D eigenvalue weighted by atomic mass is 16.4. The molecule has 51 heavy (non-hydrogen) atoms. The topological polar surface area (TPSA) is 56.7 Å². The number of pyridine rings is 1. The molecular formula is C46H43N3O2. The Labute approximate surface area is 299 Å². The standard InChI is InChI=1S/C36H36N2.C10H7NO2/c1-36(2)25-29(23-28-16-17-33-32-14-7-6-9-26(32)15-18-34(33)35(28)36)27-10-8-13-31(24-27)38-21-19-37(20-22-38)30-11-4-3-5-12-30;12-10(13)8-5-1-3-7-4-2-6-11-9(7)8/h3-18,24,29H,19-23,25H2,1-2H3;1-6H,(H,12,13). The van der Waals surface area contributed by atoms with Gasteiger partial charge in [-0.25, -0.2) is 4.79 Å². The molecule has 1 saturated heterocycles. The summed E-state index contributed by atoms with van der Waals surface area (Å²) in [7, 11) is 0. The molecular weight excluding hydrogens is 627 g/mol. The van der Waals surface area contributed by atoms with E-state index in [4.69, 9.17) is 5.11 Å². The van der Waals surface area contributed by atoms with Crippen LogP contribution in [0.15, 0.2) is 140 Å². The summed E-state index contributed by atoms with van der Waals surface area (Å²) in [5.41, 5.74) is 8.20. The Balaban J connectivity index is 0.000000242. The Morgan fingerprint density at radius 2 is 1.33 bits per heavy atom. The van der Waals surface area contributed by atoms with Gasteiger partial charge in [-0.1, -0.05) is 111 Å². The highest BCUT2D eigenvalue weighted by molar-refractivity contribution is 6.09. The average molecular weight is 670 g/mol. The number of piperazine rings is 1. The van der Waals surface area contributed by atoms with Gasteiger partial charge in [0.1, 0.15) is 0 Å². The largest absolute Gasteiger partial charge is 0.478 e. The van der Waals surface area contributed by atoms with Crippen LogP contribution < -0.4 is 9.80 Å². The maximum Gasteiger partial charge on any atom is 0.337 e. The molecule has 1 aliphatic carbocycles. The third-order valence-corrected chi connectivity index (χ3v) is 10.9. The van der Waals surface area contributed by atoms with E-state index in [9.17, 15) is 4.79 Å². The fourth-order valence-electron chi connectivity index (χ4n) is 8.51. The van der Waals surface area contributed by atoms with E-state index in [0.29, 0.717) is 11.4 Å². The molecule has 1 unspecified atom stereocenters. The molecule has 9 rings (SSSR count). The Morgan fingerprint density at radius 1 is 0.667 bits per heavy atom. The number of rotatable bonds is 4. The molecule has 1 fully saturated rings. The number of carboxylic acid groups (broad SMARTS) is 1. The van der Waals surface area contributed by atoms with Gasteiger partial charge in [0.05, 0.1) is 11.1 Å². The smallest absolute Gasteiger partial charge is 0.337 e. The number of benzene rings is 6. The van der Waals surface area contributed by atoms with Crippen LogP contribution in [0, 0.1) is 0 Å². The molecule has 1 aromatic heterocycles. The molecule has 2 heterocycles. The Morgan fingerprint density at radius 3 is 2.14 bits per heavy atom. The lowest BCUT2D eigenvalue weighted by Crippen LogP contribution is -2.46. The second kappa shape index (κ2) is 13.6. The summed E-state index contributed by atoms with van der Waals surface area (Å²) in [5, 5.41) is 15.2. The SMILES string of the molecule is CC1(C)CC(c2cccc(N3CCN(c4ccccc4)CC3)c2)Cc2ccc3c(ccc4ccccc43)c21.O=C(O)c1cccc2cccnc12. The number of hydrogen-bond acceptors (Lipinski definition) is 4. The number of hydrogen-bond donors (Lipinski definition) is 1. The van der Waals surface area contributed by atoms with Crippen molar-refractivity contribution in [3.8, 4) is 0 Å². The van der Waals surface area contributed by atoms with E-state index in [1.54, 1.807) is 30.0 Å². The normalized spacial score (nSPS) is 16.8. The van der Waals surface area contributed by atoms with Crippen molar-refractivity contribution in [1.29, 1.82) is 0 Å². The molecule has 7 aromatic rings. The third kappa shape index (κ3) is 6.41. The summed E-state index contributed by atoms with van der Waals surface area (Å²) in [4.78, 5) is 19.9. The first kappa shape index (κ1) is 32.5. The fraction of sp³-hybridized carbons (Fsp3) is 0.217. The number of carboxylic acids is 1. The molecule has 5 heteroatoms.